The highest BCUT2D eigenvalue weighted by Gasteiger charge is 2.31. The van der Waals surface area contributed by atoms with Gasteiger partial charge in [-0.1, -0.05) is 0 Å². The van der Waals surface area contributed by atoms with Crippen LogP contribution in [0.25, 0.3) is 0 Å². The molecule has 0 saturated carbocycles. The van der Waals surface area contributed by atoms with Gasteiger partial charge in [-0.3, -0.25) is 0 Å². The van der Waals surface area contributed by atoms with Gasteiger partial charge in [-0.05, 0) is 13.3 Å². The molecule has 2 atom stereocenters. The van der Waals surface area contributed by atoms with Gasteiger partial charge >= 0.3 is 0 Å². The van der Waals surface area contributed by atoms with Crippen molar-refractivity contribution in [2.24, 2.45) is 0 Å². The maximum absolute atomic E-state index is 9.49. The Hall–Kier alpha value is -0.650. The summed E-state index contributed by atoms with van der Waals surface area (Å²) < 4.78 is 0. The lowest BCUT2D eigenvalue weighted by Crippen LogP contribution is -2.32. The molecule has 2 N–H and O–H groups in total. The van der Waals surface area contributed by atoms with Crippen LogP contribution in [0.15, 0.2) is 5.38 Å². The third kappa shape index (κ3) is 1.75. The Morgan fingerprint density at radius 3 is 3.07 bits per heavy atom. The number of aryl methyl sites for hydroxylation is 1. The van der Waals surface area contributed by atoms with Crippen molar-refractivity contribution >= 4 is 16.5 Å². The highest BCUT2D eigenvalue weighted by molar-refractivity contribution is 7.13. The van der Waals surface area contributed by atoms with E-state index >= 15 is 0 Å². The van der Waals surface area contributed by atoms with E-state index in [9.17, 15) is 5.11 Å². The van der Waals surface area contributed by atoms with Crippen LogP contribution in [0.3, 0.4) is 0 Å². The van der Waals surface area contributed by atoms with E-state index in [4.69, 9.17) is 5.11 Å². The minimum absolute atomic E-state index is 0.0237. The second-order valence-corrected chi connectivity index (χ2v) is 4.49. The van der Waals surface area contributed by atoms with Crippen LogP contribution in [0.2, 0.25) is 0 Å². The first-order valence-electron chi connectivity index (χ1n) is 4.68. The van der Waals surface area contributed by atoms with Gasteiger partial charge < -0.3 is 15.1 Å². The number of rotatable bonds is 2. The van der Waals surface area contributed by atoms with E-state index in [1.807, 2.05) is 17.2 Å². The number of aromatic nitrogens is 1. The van der Waals surface area contributed by atoms with Gasteiger partial charge in [-0.2, -0.15) is 0 Å². The molecule has 2 heterocycles. The van der Waals surface area contributed by atoms with E-state index in [0.29, 0.717) is 13.0 Å². The SMILES string of the molecule is Cc1csc(N2C[C@@H](O)C[C@@H]2CO)n1. The first kappa shape index (κ1) is 9.89. The van der Waals surface area contributed by atoms with E-state index in [1.165, 1.54) is 0 Å². The molecule has 2 rings (SSSR count). The van der Waals surface area contributed by atoms with Crippen LogP contribution in [0.4, 0.5) is 5.13 Å². The van der Waals surface area contributed by atoms with Gasteiger partial charge in [0.05, 0.1) is 24.4 Å². The fourth-order valence-corrected chi connectivity index (χ4v) is 2.66. The average molecular weight is 214 g/mol. The number of nitrogens with zero attached hydrogens (tertiary/aromatic N) is 2. The summed E-state index contributed by atoms with van der Waals surface area (Å²) in [5.74, 6) is 0. The Morgan fingerprint density at radius 1 is 1.71 bits per heavy atom. The van der Waals surface area contributed by atoms with Crippen molar-refractivity contribution in [1.82, 2.24) is 4.98 Å². The molecular formula is C9H14N2O2S. The molecule has 0 unspecified atom stereocenters. The van der Waals surface area contributed by atoms with Crippen molar-refractivity contribution in [3.05, 3.63) is 11.1 Å². The van der Waals surface area contributed by atoms with Crippen molar-refractivity contribution in [3.63, 3.8) is 0 Å². The number of hydrogen-bond donors (Lipinski definition) is 2. The average Bonchev–Trinajstić information content (AvgIpc) is 2.71. The van der Waals surface area contributed by atoms with E-state index in [2.05, 4.69) is 4.98 Å². The third-order valence-electron chi connectivity index (χ3n) is 2.46. The standard InChI is InChI=1S/C9H14N2O2S/c1-6-5-14-9(10-6)11-3-8(13)2-7(11)4-12/h5,7-8,12-13H,2-4H2,1H3/t7-,8+/m1/s1. The Bertz CT molecular complexity index is 316. The lowest BCUT2D eigenvalue weighted by atomic mass is 10.2. The molecule has 1 aliphatic heterocycles. The van der Waals surface area contributed by atoms with Crippen LogP contribution < -0.4 is 4.90 Å². The molecule has 4 nitrogen and oxygen atoms in total. The molecule has 1 fully saturated rings. The number of aliphatic hydroxyl groups excluding tert-OH is 2. The van der Waals surface area contributed by atoms with Gasteiger partial charge in [0, 0.05) is 11.9 Å². The van der Waals surface area contributed by atoms with E-state index in [-0.39, 0.29) is 18.8 Å². The summed E-state index contributed by atoms with van der Waals surface area (Å²) >= 11 is 1.56. The fraction of sp³-hybridized carbons (Fsp3) is 0.667. The minimum atomic E-state index is -0.337. The van der Waals surface area contributed by atoms with E-state index in [1.54, 1.807) is 11.3 Å². The molecule has 78 valence electrons. The lowest BCUT2D eigenvalue weighted by Gasteiger charge is -2.21. The zero-order chi connectivity index (χ0) is 10.1. The molecule has 5 heteroatoms. The van der Waals surface area contributed by atoms with Gasteiger partial charge in [0.2, 0.25) is 0 Å². The highest BCUT2D eigenvalue weighted by Crippen LogP contribution is 2.28. The molecule has 1 aromatic heterocycles. The van der Waals surface area contributed by atoms with Gasteiger partial charge in [0.1, 0.15) is 0 Å². The van der Waals surface area contributed by atoms with Crippen LogP contribution in [-0.2, 0) is 0 Å². The highest BCUT2D eigenvalue weighted by atomic mass is 32.1. The summed E-state index contributed by atoms with van der Waals surface area (Å²) in [7, 11) is 0. The van der Waals surface area contributed by atoms with Crippen molar-refractivity contribution < 1.29 is 10.2 Å². The Morgan fingerprint density at radius 2 is 2.50 bits per heavy atom. The number of anilines is 1. The maximum atomic E-state index is 9.49. The normalized spacial score (nSPS) is 27.2. The molecular weight excluding hydrogens is 200 g/mol. The number of hydrogen-bond acceptors (Lipinski definition) is 5. The molecule has 0 aliphatic carbocycles. The second-order valence-electron chi connectivity index (χ2n) is 3.65. The summed E-state index contributed by atoms with van der Waals surface area (Å²) in [4.78, 5) is 6.34. The Kier molecular flexibility index (Phi) is 2.71. The molecule has 0 spiro atoms. The van der Waals surface area contributed by atoms with Crippen LogP contribution >= 0.6 is 11.3 Å². The predicted molar refractivity (Wildman–Crippen MR) is 55.7 cm³/mol. The zero-order valence-electron chi connectivity index (χ0n) is 8.05. The van der Waals surface area contributed by atoms with Gasteiger partial charge in [-0.15, -0.1) is 11.3 Å². The number of aliphatic hydroxyl groups is 2. The third-order valence-corrected chi connectivity index (χ3v) is 3.45. The lowest BCUT2D eigenvalue weighted by molar-refractivity contribution is 0.184. The van der Waals surface area contributed by atoms with Crippen LogP contribution in [0.5, 0.6) is 0 Å². The summed E-state index contributed by atoms with van der Waals surface area (Å²) in [6.45, 7) is 2.61. The van der Waals surface area contributed by atoms with Crippen molar-refractivity contribution in [2.75, 3.05) is 18.1 Å². The summed E-state index contributed by atoms with van der Waals surface area (Å²) in [6, 6.07) is 0.0237. The molecule has 1 aliphatic rings. The topological polar surface area (TPSA) is 56.6 Å². The minimum Gasteiger partial charge on any atom is -0.394 e. The Balaban J connectivity index is 2.17. The summed E-state index contributed by atoms with van der Waals surface area (Å²) in [5, 5.41) is 21.5. The molecule has 0 aromatic carbocycles. The Labute approximate surface area is 86.8 Å². The predicted octanol–water partition coefficient (Wildman–Crippen LogP) is 0.383. The van der Waals surface area contributed by atoms with Gasteiger partial charge in [-0.25, -0.2) is 4.98 Å². The van der Waals surface area contributed by atoms with Crippen LogP contribution in [0, 0.1) is 6.92 Å². The quantitative estimate of drug-likeness (QED) is 0.747. The smallest absolute Gasteiger partial charge is 0.185 e. The van der Waals surface area contributed by atoms with Crippen molar-refractivity contribution in [3.8, 4) is 0 Å². The van der Waals surface area contributed by atoms with Crippen LogP contribution in [-0.4, -0.2) is 40.5 Å². The van der Waals surface area contributed by atoms with Gasteiger partial charge in [0.15, 0.2) is 5.13 Å². The fourth-order valence-electron chi connectivity index (χ4n) is 1.77. The monoisotopic (exact) mass is 214 g/mol. The first-order chi connectivity index (χ1) is 6.70. The molecule has 1 saturated heterocycles. The van der Waals surface area contributed by atoms with E-state index in [0.717, 1.165) is 10.8 Å². The molecule has 0 radical (unpaired) electrons. The van der Waals surface area contributed by atoms with Crippen molar-refractivity contribution in [2.45, 2.75) is 25.5 Å². The number of β-amino-alcohol motifs (C(OH)–C–C–N with tert-alkyl or cyclic N) is 1. The molecule has 1 aromatic rings. The molecule has 0 amide bonds. The van der Waals surface area contributed by atoms with Gasteiger partial charge in [0.25, 0.3) is 0 Å². The van der Waals surface area contributed by atoms with Crippen molar-refractivity contribution in [1.29, 1.82) is 0 Å². The first-order valence-corrected chi connectivity index (χ1v) is 5.56. The number of thiazole rings is 1. The van der Waals surface area contributed by atoms with Crippen LogP contribution in [0.1, 0.15) is 12.1 Å². The molecule has 0 bridgehead atoms. The zero-order valence-corrected chi connectivity index (χ0v) is 8.87. The summed E-state index contributed by atoms with van der Waals surface area (Å²) in [5.41, 5.74) is 0.989. The summed E-state index contributed by atoms with van der Waals surface area (Å²) in [6.07, 6.45) is 0.297. The largest absolute Gasteiger partial charge is 0.394 e. The second kappa shape index (κ2) is 3.84. The molecule has 14 heavy (non-hydrogen) atoms. The maximum Gasteiger partial charge on any atom is 0.185 e. The van der Waals surface area contributed by atoms with E-state index < -0.39 is 0 Å².